The van der Waals surface area contributed by atoms with Gasteiger partial charge < -0.3 is 40.5 Å². The zero-order valence-electron chi connectivity index (χ0n) is 28.5. The van der Waals surface area contributed by atoms with Crippen LogP contribution in [0.1, 0.15) is 26.2 Å². The maximum atomic E-state index is 12.5. The summed E-state index contributed by atoms with van der Waals surface area (Å²) < 4.78 is 10.6. The van der Waals surface area contributed by atoms with Gasteiger partial charge in [-0.3, -0.25) is 53.2 Å². The highest BCUT2D eigenvalue weighted by Gasteiger charge is 2.28. The predicted molar refractivity (Wildman–Crippen MR) is 180 cm³/mol. The van der Waals surface area contributed by atoms with E-state index in [1.165, 1.54) is 0 Å². The van der Waals surface area contributed by atoms with Crippen molar-refractivity contribution in [1.29, 1.82) is 0 Å². The summed E-state index contributed by atoms with van der Waals surface area (Å²) in [4.78, 5) is 89.0. The van der Waals surface area contributed by atoms with Crippen LogP contribution in [0.25, 0.3) is 0 Å². The number of hydrogen-bond acceptors (Lipinski definition) is 15. The van der Waals surface area contributed by atoms with Crippen LogP contribution in [-0.2, 0) is 33.4 Å². The largest absolute Gasteiger partial charge is 0.480 e. The summed E-state index contributed by atoms with van der Waals surface area (Å²) in [7, 11) is 0. The molecule has 19 heteroatoms. The standard InChI is InChI=1S/C31H50N6O13/c1-2-22(38)21-50-17-16-49-15-6-33-28-27(29(45)30(28)46)32-5-3-4-23(31(47)48)37-13-11-35(19-25(41)42)9-7-34(18-24(39)40)8-10-36(12-14-37)20-26(43)44/h23,32-33H,2-21H2,1H3,(H,39,40)(H,41,42)(H,43,44)(H,47,48). The molecule has 1 aliphatic rings. The molecule has 19 nitrogen and oxygen atoms in total. The van der Waals surface area contributed by atoms with Crippen molar-refractivity contribution in [2.24, 2.45) is 0 Å². The fraction of sp³-hybridized carbons (Fsp3) is 0.710. The van der Waals surface area contributed by atoms with Gasteiger partial charge in [-0.15, -0.1) is 0 Å². The molecular formula is C31H50N6O13. The van der Waals surface area contributed by atoms with E-state index in [1.807, 2.05) is 0 Å². The number of carbonyl (C=O) groups excluding carboxylic acids is 1. The Bertz CT molecular complexity index is 1300. The van der Waals surface area contributed by atoms with Crippen molar-refractivity contribution in [3.05, 3.63) is 20.4 Å². The maximum absolute atomic E-state index is 12.5. The number of Topliss-reactive ketones (excluding diaryl/α,β-unsaturated/α-hetero) is 1. The Balaban J connectivity index is 1.99. The van der Waals surface area contributed by atoms with E-state index in [0.29, 0.717) is 6.42 Å². The highest BCUT2D eigenvalue weighted by atomic mass is 16.5. The fourth-order valence-electron chi connectivity index (χ4n) is 5.37. The summed E-state index contributed by atoms with van der Waals surface area (Å²) >= 11 is 0. The smallest absolute Gasteiger partial charge is 0.320 e. The van der Waals surface area contributed by atoms with Crippen molar-refractivity contribution >= 4 is 41.0 Å². The topological polar surface area (TPSA) is 256 Å². The minimum atomic E-state index is -1.13. The first-order chi connectivity index (χ1) is 23.8. The summed E-state index contributed by atoms with van der Waals surface area (Å²) in [5, 5.41) is 44.1. The number of nitrogens with one attached hydrogen (secondary N) is 2. The lowest BCUT2D eigenvalue weighted by Gasteiger charge is -2.35. The maximum Gasteiger partial charge on any atom is 0.320 e. The molecule has 0 aliphatic carbocycles. The Kier molecular flexibility index (Phi) is 19.1. The minimum absolute atomic E-state index is 0.0124. The molecule has 6 N–H and O–H groups in total. The summed E-state index contributed by atoms with van der Waals surface area (Å²) in [6, 6.07) is -1.02. The number of nitrogens with zero attached hydrogens (tertiary/aromatic N) is 4. The van der Waals surface area contributed by atoms with E-state index in [4.69, 9.17) is 9.47 Å². The Morgan fingerprint density at radius 1 is 0.660 bits per heavy atom. The van der Waals surface area contributed by atoms with Crippen molar-refractivity contribution in [2.45, 2.75) is 32.2 Å². The molecule has 1 unspecified atom stereocenters. The third kappa shape index (κ3) is 15.7. The normalized spacial score (nSPS) is 16.7. The molecule has 282 valence electrons. The van der Waals surface area contributed by atoms with Gasteiger partial charge in [-0.05, 0) is 12.8 Å². The molecule has 1 aromatic rings. The van der Waals surface area contributed by atoms with E-state index in [2.05, 4.69) is 10.6 Å². The average molecular weight is 715 g/mol. The molecule has 1 aliphatic heterocycles. The third-order valence-corrected chi connectivity index (χ3v) is 8.12. The van der Waals surface area contributed by atoms with E-state index in [0.717, 1.165) is 0 Å². The number of aliphatic carboxylic acids is 4. The summed E-state index contributed by atoms with van der Waals surface area (Å²) in [6.07, 6.45) is 0.812. The van der Waals surface area contributed by atoms with E-state index in [9.17, 15) is 54.0 Å². The number of rotatable bonds is 23. The van der Waals surface area contributed by atoms with Gasteiger partial charge >= 0.3 is 23.9 Å². The lowest BCUT2D eigenvalue weighted by atomic mass is 10.1. The van der Waals surface area contributed by atoms with Crippen molar-refractivity contribution in [2.75, 3.05) is 122 Å². The molecule has 1 heterocycles. The molecule has 0 bridgehead atoms. The van der Waals surface area contributed by atoms with Crippen LogP contribution >= 0.6 is 0 Å². The van der Waals surface area contributed by atoms with Crippen LogP contribution in [0.5, 0.6) is 0 Å². The average Bonchev–Trinajstić information content (AvgIpc) is 3.05. The van der Waals surface area contributed by atoms with Crippen molar-refractivity contribution in [3.8, 4) is 0 Å². The van der Waals surface area contributed by atoms with Crippen LogP contribution in [0.3, 0.4) is 0 Å². The lowest BCUT2D eigenvalue weighted by Crippen LogP contribution is -2.51. The summed E-state index contributed by atoms with van der Waals surface area (Å²) in [5.74, 6) is -4.39. The Morgan fingerprint density at radius 3 is 1.54 bits per heavy atom. The van der Waals surface area contributed by atoms with Crippen molar-refractivity contribution in [3.63, 3.8) is 0 Å². The van der Waals surface area contributed by atoms with Gasteiger partial charge in [-0.25, -0.2) is 0 Å². The van der Waals surface area contributed by atoms with E-state index in [1.54, 1.807) is 26.5 Å². The highest BCUT2D eigenvalue weighted by molar-refractivity contribution is 5.79. The van der Waals surface area contributed by atoms with E-state index in [-0.39, 0.29) is 142 Å². The van der Waals surface area contributed by atoms with Gasteiger partial charge in [0.05, 0.1) is 39.5 Å². The van der Waals surface area contributed by atoms with Crippen LogP contribution in [0, 0.1) is 0 Å². The minimum Gasteiger partial charge on any atom is -0.480 e. The molecule has 0 aromatic heterocycles. The number of ether oxygens (including phenoxy) is 2. The molecule has 2 rings (SSSR count). The van der Waals surface area contributed by atoms with E-state index >= 15 is 0 Å². The number of ketones is 1. The summed E-state index contributed by atoms with van der Waals surface area (Å²) in [6.45, 7) is 3.39. The number of carbonyl (C=O) groups is 5. The van der Waals surface area contributed by atoms with E-state index < -0.39 is 40.8 Å². The molecule has 0 radical (unpaired) electrons. The highest BCUT2D eigenvalue weighted by Crippen LogP contribution is 2.15. The van der Waals surface area contributed by atoms with Gasteiger partial charge in [0.25, 0.3) is 10.9 Å². The zero-order chi connectivity index (χ0) is 37.1. The number of anilines is 2. The molecule has 1 atom stereocenters. The molecule has 0 spiro atoms. The van der Waals surface area contributed by atoms with Gasteiger partial charge in [-0.2, -0.15) is 0 Å². The monoisotopic (exact) mass is 714 g/mol. The van der Waals surface area contributed by atoms with Crippen LogP contribution in [0.15, 0.2) is 9.59 Å². The second-order valence-electron chi connectivity index (χ2n) is 11.9. The Hall–Kier alpha value is -4.01. The van der Waals surface area contributed by atoms with Crippen LogP contribution < -0.4 is 21.5 Å². The van der Waals surface area contributed by atoms with Crippen molar-refractivity contribution in [1.82, 2.24) is 19.6 Å². The number of carboxylic acid groups (broad SMARTS) is 4. The zero-order valence-corrected chi connectivity index (χ0v) is 28.5. The van der Waals surface area contributed by atoms with Gasteiger partial charge in [0.1, 0.15) is 24.0 Å². The third-order valence-electron chi connectivity index (χ3n) is 8.12. The number of carboxylic acids is 4. The van der Waals surface area contributed by atoms with Crippen LogP contribution in [-0.4, -0.2) is 187 Å². The first kappa shape index (κ1) is 42.2. The molecule has 0 saturated carbocycles. The molecule has 50 heavy (non-hydrogen) atoms. The Labute approximate surface area is 289 Å². The molecule has 1 aromatic carbocycles. The van der Waals surface area contributed by atoms with Gasteiger partial charge in [0.2, 0.25) is 0 Å². The van der Waals surface area contributed by atoms with Crippen LogP contribution in [0.2, 0.25) is 0 Å². The second-order valence-corrected chi connectivity index (χ2v) is 11.9. The molecule has 0 amide bonds. The SMILES string of the molecule is CCC(=O)COCCOCCNc1c(NCCCC(C(=O)O)N2CCN(CC(=O)O)CCN(CC(=O)O)CCN(CC(=O)O)CC2)c(=O)c1=O. The lowest BCUT2D eigenvalue weighted by molar-refractivity contribution is -0.145. The van der Waals surface area contributed by atoms with Gasteiger partial charge in [0, 0.05) is 71.9 Å². The Morgan fingerprint density at radius 2 is 1.10 bits per heavy atom. The quantitative estimate of drug-likeness (QED) is 0.0521. The van der Waals surface area contributed by atoms with Gasteiger partial charge in [-0.1, -0.05) is 6.92 Å². The summed E-state index contributed by atoms with van der Waals surface area (Å²) in [5.41, 5.74) is -1.17. The molecular weight excluding hydrogens is 664 g/mol. The number of hydrogen-bond donors (Lipinski definition) is 6. The first-order valence-electron chi connectivity index (χ1n) is 16.6. The van der Waals surface area contributed by atoms with Crippen LogP contribution in [0.4, 0.5) is 11.4 Å². The first-order valence-corrected chi connectivity index (χ1v) is 16.6. The van der Waals surface area contributed by atoms with Crippen molar-refractivity contribution < 1.29 is 53.9 Å². The fourth-order valence-corrected chi connectivity index (χ4v) is 5.37. The molecule has 1 saturated heterocycles. The predicted octanol–water partition coefficient (Wildman–Crippen LogP) is -2.17. The van der Waals surface area contributed by atoms with Gasteiger partial charge in [0.15, 0.2) is 5.78 Å². The molecule has 1 fully saturated rings. The second kappa shape index (κ2) is 22.7.